The second kappa shape index (κ2) is 16.0. The van der Waals surface area contributed by atoms with Crippen molar-refractivity contribution in [1.29, 1.82) is 0 Å². The van der Waals surface area contributed by atoms with Gasteiger partial charge in [-0.1, -0.05) is 45.4 Å². The average Bonchev–Trinajstić information content (AvgIpc) is 2.78. The van der Waals surface area contributed by atoms with Crippen LogP contribution < -0.4 is 0 Å². The van der Waals surface area contributed by atoms with Crippen molar-refractivity contribution in [3.8, 4) is 0 Å². The van der Waals surface area contributed by atoms with E-state index in [9.17, 15) is 0 Å². The molecule has 1 unspecified atom stereocenters. The maximum Gasteiger partial charge on any atom is 0.512 e. The monoisotopic (exact) mass is 492 g/mol. The van der Waals surface area contributed by atoms with E-state index in [0.29, 0.717) is 45.6 Å². The molecule has 0 saturated heterocycles. The van der Waals surface area contributed by atoms with Crippen LogP contribution >= 0.6 is 0 Å². The Morgan fingerprint density at radius 2 is 1.03 bits per heavy atom. The molecule has 1 rings (SSSR count). The first kappa shape index (κ1) is 30.2. The molecule has 0 N–H and O–H groups in total. The Morgan fingerprint density at radius 3 is 1.41 bits per heavy atom. The Bertz CT molecular complexity index is 419. The lowest BCUT2D eigenvalue weighted by molar-refractivity contribution is -0.0143. The summed E-state index contributed by atoms with van der Waals surface area (Å²) in [7, 11) is -6.47. The lowest BCUT2D eigenvalue weighted by Gasteiger charge is -2.56. The van der Waals surface area contributed by atoms with E-state index in [0.717, 1.165) is 25.7 Å². The molecule has 0 radical (unpaired) electrons. The van der Waals surface area contributed by atoms with Crippen LogP contribution in [-0.4, -0.2) is 57.3 Å². The van der Waals surface area contributed by atoms with Gasteiger partial charge in [0.2, 0.25) is 0 Å². The lowest BCUT2D eigenvalue weighted by Crippen LogP contribution is -2.73. The van der Waals surface area contributed by atoms with Gasteiger partial charge in [-0.15, -0.1) is 0 Å². The van der Waals surface area contributed by atoms with Crippen LogP contribution in [0, 0.1) is 5.92 Å². The van der Waals surface area contributed by atoms with Crippen LogP contribution in [0.2, 0.25) is 4.66 Å². The zero-order chi connectivity index (χ0) is 23.9. The van der Waals surface area contributed by atoms with Gasteiger partial charge >= 0.3 is 17.6 Å². The highest BCUT2D eigenvalue weighted by molar-refractivity contribution is 6.85. The summed E-state index contributed by atoms with van der Waals surface area (Å²) in [6.45, 7) is 17.8. The van der Waals surface area contributed by atoms with Crippen molar-refractivity contribution >= 4 is 17.6 Å². The van der Waals surface area contributed by atoms with Gasteiger partial charge in [0.25, 0.3) is 0 Å². The third-order valence-corrected chi connectivity index (χ3v) is 15.9. The smallest absolute Gasteiger partial charge is 0.373 e. The fourth-order valence-corrected chi connectivity index (χ4v) is 15.3. The largest absolute Gasteiger partial charge is 0.512 e. The number of hydrogen-bond acceptors (Lipinski definition) is 6. The van der Waals surface area contributed by atoms with Gasteiger partial charge in [-0.3, -0.25) is 0 Å². The summed E-state index contributed by atoms with van der Waals surface area (Å²) in [5.74, 6) is 0.348. The van der Waals surface area contributed by atoms with E-state index in [1.807, 2.05) is 41.5 Å². The van der Waals surface area contributed by atoms with Gasteiger partial charge in [0.05, 0.1) is 0 Å². The van der Waals surface area contributed by atoms with E-state index in [2.05, 4.69) is 6.92 Å². The minimum absolute atomic E-state index is 0.348. The highest BCUT2D eigenvalue weighted by Gasteiger charge is 2.79. The second-order valence-electron chi connectivity index (χ2n) is 8.47. The van der Waals surface area contributed by atoms with E-state index in [1.54, 1.807) is 0 Å². The van der Waals surface area contributed by atoms with Crippen molar-refractivity contribution in [1.82, 2.24) is 0 Å². The van der Waals surface area contributed by atoms with Crippen LogP contribution in [0.4, 0.5) is 0 Å². The Kier molecular flexibility index (Phi) is 15.1. The van der Waals surface area contributed by atoms with Crippen LogP contribution in [-0.2, 0) is 26.6 Å². The maximum absolute atomic E-state index is 6.65. The molecule has 0 aromatic heterocycles. The van der Waals surface area contributed by atoms with Crippen LogP contribution in [0.15, 0.2) is 0 Å². The van der Waals surface area contributed by atoms with Gasteiger partial charge in [0.1, 0.15) is 4.66 Å². The highest BCUT2D eigenvalue weighted by Crippen LogP contribution is 2.63. The second-order valence-corrected chi connectivity index (χ2v) is 14.7. The molecule has 0 bridgehead atoms. The topological polar surface area (TPSA) is 55.4 Å². The molecule has 0 heterocycles. The van der Waals surface area contributed by atoms with Gasteiger partial charge < -0.3 is 26.6 Å². The number of rotatable bonds is 19. The van der Waals surface area contributed by atoms with Gasteiger partial charge in [-0.25, -0.2) is 0 Å². The van der Waals surface area contributed by atoms with Crippen molar-refractivity contribution < 1.29 is 26.6 Å². The van der Waals surface area contributed by atoms with Crippen LogP contribution in [0.5, 0.6) is 0 Å². The predicted octanol–water partition coefficient (Wildman–Crippen LogP) is 6.52. The van der Waals surface area contributed by atoms with Crippen LogP contribution in [0.1, 0.15) is 106 Å². The Labute approximate surface area is 200 Å². The SMILES string of the molecule is CCCCCCC1CCCCC1([Si](OCC)(OCC)OCC)[Si](OCC)(OCC)OCC. The third-order valence-electron chi connectivity index (χ3n) is 6.58. The molecule has 32 heavy (non-hydrogen) atoms. The maximum atomic E-state index is 6.65. The summed E-state index contributed by atoms with van der Waals surface area (Å²) in [5.41, 5.74) is 0. The van der Waals surface area contributed by atoms with E-state index >= 15 is 0 Å². The van der Waals surface area contributed by atoms with Crippen molar-refractivity contribution in [2.45, 2.75) is 111 Å². The molecule has 0 aliphatic heterocycles. The minimum atomic E-state index is -3.24. The molecule has 6 nitrogen and oxygen atoms in total. The summed E-state index contributed by atoms with van der Waals surface area (Å²) in [6.07, 6.45) is 10.4. The summed E-state index contributed by atoms with van der Waals surface area (Å²) in [5, 5.41) is 0. The Balaban J connectivity index is 3.75. The normalized spacial score (nSPS) is 19.4. The molecule has 1 atom stereocenters. The summed E-state index contributed by atoms with van der Waals surface area (Å²) in [4.78, 5) is 0. The molecule has 0 spiro atoms. The van der Waals surface area contributed by atoms with E-state index in [4.69, 9.17) is 26.6 Å². The molecule has 1 aliphatic rings. The van der Waals surface area contributed by atoms with E-state index < -0.39 is 22.3 Å². The van der Waals surface area contributed by atoms with Crippen molar-refractivity contribution in [3.05, 3.63) is 0 Å². The van der Waals surface area contributed by atoms with Gasteiger partial charge in [0.15, 0.2) is 0 Å². The molecule has 1 fully saturated rings. The first-order chi connectivity index (χ1) is 15.5. The summed E-state index contributed by atoms with van der Waals surface area (Å²) < 4.78 is 39.4. The first-order valence-electron chi connectivity index (χ1n) is 13.4. The molecule has 8 heteroatoms. The third kappa shape index (κ3) is 6.65. The van der Waals surface area contributed by atoms with Gasteiger partial charge in [0, 0.05) is 39.6 Å². The fraction of sp³-hybridized carbons (Fsp3) is 1.00. The Hall–Kier alpha value is 0.194. The Morgan fingerprint density at radius 1 is 0.594 bits per heavy atom. The fourth-order valence-electron chi connectivity index (χ4n) is 5.61. The molecular weight excluding hydrogens is 440 g/mol. The van der Waals surface area contributed by atoms with Crippen molar-refractivity contribution in [2.24, 2.45) is 5.92 Å². The molecule has 1 saturated carbocycles. The van der Waals surface area contributed by atoms with E-state index in [-0.39, 0.29) is 0 Å². The number of unbranched alkanes of at least 4 members (excludes halogenated alkanes) is 3. The quantitative estimate of drug-likeness (QED) is 0.151. The number of hydrogen-bond donors (Lipinski definition) is 0. The summed E-state index contributed by atoms with van der Waals surface area (Å²) >= 11 is 0. The lowest BCUT2D eigenvalue weighted by atomic mass is 9.84. The average molecular weight is 493 g/mol. The van der Waals surface area contributed by atoms with Gasteiger partial charge in [-0.2, -0.15) is 0 Å². The minimum Gasteiger partial charge on any atom is -0.373 e. The van der Waals surface area contributed by atoms with Crippen LogP contribution in [0.25, 0.3) is 0 Å². The van der Waals surface area contributed by atoms with E-state index in [1.165, 1.54) is 32.1 Å². The first-order valence-corrected chi connectivity index (χ1v) is 16.8. The van der Waals surface area contributed by atoms with Crippen molar-refractivity contribution in [3.63, 3.8) is 0 Å². The molecule has 0 amide bonds. The highest BCUT2D eigenvalue weighted by atomic mass is 28.5. The molecule has 0 aromatic carbocycles. The van der Waals surface area contributed by atoms with Gasteiger partial charge in [-0.05, 0) is 66.7 Å². The zero-order valence-electron chi connectivity index (χ0n) is 22.1. The van der Waals surface area contributed by atoms with Crippen LogP contribution in [0.3, 0.4) is 0 Å². The molecule has 1 aliphatic carbocycles. The summed E-state index contributed by atoms with van der Waals surface area (Å²) in [6, 6.07) is 0. The molecular formula is C24H52O6Si2. The zero-order valence-corrected chi connectivity index (χ0v) is 24.1. The predicted molar refractivity (Wildman–Crippen MR) is 135 cm³/mol. The molecule has 0 aromatic rings. The molecule has 192 valence electrons. The standard InChI is InChI=1S/C24H52O6Si2/c1-8-15-16-17-20-23-21-18-19-22-24(23,31(25-9-2,26-10-3)27-11-4)32(28-12-5,29-13-6)30-14-7/h23H,8-22H2,1-7H3. The van der Waals surface area contributed by atoms with Crippen molar-refractivity contribution in [2.75, 3.05) is 39.6 Å².